The zero-order valence-electron chi connectivity index (χ0n) is 16.0. The number of Topliss-reactive ketones (excluding diaryl/α,β-unsaturated/α-hetero) is 1. The van der Waals surface area contributed by atoms with Crippen molar-refractivity contribution in [1.82, 2.24) is 4.98 Å². The summed E-state index contributed by atoms with van der Waals surface area (Å²) in [5.41, 5.74) is 1.32. The van der Waals surface area contributed by atoms with Crippen molar-refractivity contribution in [3.05, 3.63) is 34.5 Å². The van der Waals surface area contributed by atoms with Crippen LogP contribution < -0.4 is 0 Å². The smallest absolute Gasteiger partial charge is 0.355 e. The van der Waals surface area contributed by atoms with Gasteiger partial charge in [-0.25, -0.2) is 4.79 Å². The molecule has 1 N–H and O–H groups in total. The molecular formula is C21H28ClNO3. The molecule has 4 nitrogen and oxygen atoms in total. The van der Waals surface area contributed by atoms with Crippen LogP contribution in [0.25, 0.3) is 10.9 Å². The molecule has 2 aromatic rings. The SMILES string of the molecule is CCOC(=O)c1[nH]c2cc(Cl)ccc2c1C(=O)C[C@H](C)CCCC(C)C. The van der Waals surface area contributed by atoms with Gasteiger partial charge in [0.15, 0.2) is 5.78 Å². The van der Waals surface area contributed by atoms with Gasteiger partial charge in [0.2, 0.25) is 0 Å². The van der Waals surface area contributed by atoms with Crippen LogP contribution in [0, 0.1) is 11.8 Å². The molecule has 2 rings (SSSR count). The summed E-state index contributed by atoms with van der Waals surface area (Å²) in [7, 11) is 0. The van der Waals surface area contributed by atoms with E-state index in [0.29, 0.717) is 28.4 Å². The Bertz CT molecular complexity index is 779. The van der Waals surface area contributed by atoms with Crippen molar-refractivity contribution in [2.75, 3.05) is 6.61 Å². The molecule has 5 heteroatoms. The highest BCUT2D eigenvalue weighted by atomic mass is 35.5. The standard InChI is InChI=1S/C21H28ClNO3/c1-5-26-21(25)20-19(16-10-9-15(22)12-17(16)23-20)18(24)11-14(4)8-6-7-13(2)3/h9-10,12-14,23H,5-8,11H2,1-4H3/t14-/m1/s1. The molecular weight excluding hydrogens is 350 g/mol. The number of ketones is 1. The molecule has 0 bridgehead atoms. The Kier molecular flexibility index (Phi) is 7.27. The van der Waals surface area contributed by atoms with Gasteiger partial charge < -0.3 is 9.72 Å². The van der Waals surface area contributed by atoms with Crippen molar-refractivity contribution >= 4 is 34.3 Å². The van der Waals surface area contributed by atoms with Gasteiger partial charge in [-0.15, -0.1) is 0 Å². The third-order valence-corrected chi connectivity index (χ3v) is 4.77. The third kappa shape index (κ3) is 5.10. The van der Waals surface area contributed by atoms with E-state index in [4.69, 9.17) is 16.3 Å². The maximum atomic E-state index is 13.0. The van der Waals surface area contributed by atoms with E-state index < -0.39 is 5.97 Å². The van der Waals surface area contributed by atoms with Gasteiger partial charge in [-0.05, 0) is 30.9 Å². The van der Waals surface area contributed by atoms with Crippen molar-refractivity contribution in [3.63, 3.8) is 0 Å². The van der Waals surface area contributed by atoms with E-state index in [0.717, 1.165) is 24.6 Å². The summed E-state index contributed by atoms with van der Waals surface area (Å²) in [5.74, 6) is 0.412. The van der Waals surface area contributed by atoms with Crippen LogP contribution in [-0.4, -0.2) is 23.3 Å². The first-order valence-electron chi connectivity index (χ1n) is 9.35. The number of ether oxygens (including phenoxy) is 1. The molecule has 0 spiro atoms. The number of fused-ring (bicyclic) bond motifs is 1. The predicted molar refractivity (Wildman–Crippen MR) is 106 cm³/mol. The first kappa shape index (κ1) is 20.5. The molecule has 0 amide bonds. The molecule has 0 radical (unpaired) electrons. The Balaban J connectivity index is 2.26. The van der Waals surface area contributed by atoms with Crippen LogP contribution in [0.2, 0.25) is 5.02 Å². The summed E-state index contributed by atoms with van der Waals surface area (Å²) >= 11 is 6.05. The topological polar surface area (TPSA) is 59.2 Å². The van der Waals surface area contributed by atoms with Crippen LogP contribution in [0.5, 0.6) is 0 Å². The molecule has 0 fully saturated rings. The maximum absolute atomic E-state index is 13.0. The molecule has 1 atom stereocenters. The van der Waals surface area contributed by atoms with E-state index >= 15 is 0 Å². The van der Waals surface area contributed by atoms with E-state index in [-0.39, 0.29) is 24.0 Å². The highest BCUT2D eigenvalue weighted by Gasteiger charge is 2.25. The largest absolute Gasteiger partial charge is 0.461 e. The Labute approximate surface area is 160 Å². The second kappa shape index (κ2) is 9.22. The van der Waals surface area contributed by atoms with Crippen molar-refractivity contribution in [1.29, 1.82) is 0 Å². The van der Waals surface area contributed by atoms with Gasteiger partial charge in [0.25, 0.3) is 0 Å². The summed E-state index contributed by atoms with van der Waals surface area (Å²) in [6, 6.07) is 5.24. The fourth-order valence-corrected chi connectivity index (χ4v) is 3.38. The number of H-pyrrole nitrogens is 1. The zero-order chi connectivity index (χ0) is 19.3. The summed E-state index contributed by atoms with van der Waals surface area (Å²) in [4.78, 5) is 28.3. The van der Waals surface area contributed by atoms with Crippen LogP contribution in [-0.2, 0) is 4.74 Å². The minimum absolute atomic E-state index is 0.0290. The average molecular weight is 378 g/mol. The molecule has 0 aliphatic heterocycles. The Hall–Kier alpha value is -1.81. The van der Waals surface area contributed by atoms with E-state index in [1.54, 1.807) is 25.1 Å². The molecule has 0 saturated carbocycles. The molecule has 1 aromatic carbocycles. The van der Waals surface area contributed by atoms with Crippen molar-refractivity contribution < 1.29 is 14.3 Å². The number of esters is 1. The normalized spacial score (nSPS) is 12.5. The molecule has 142 valence electrons. The monoisotopic (exact) mass is 377 g/mol. The van der Waals surface area contributed by atoms with E-state index in [1.165, 1.54) is 0 Å². The molecule has 0 saturated heterocycles. The molecule has 0 aliphatic rings. The molecule has 1 aromatic heterocycles. The minimum atomic E-state index is -0.504. The first-order chi connectivity index (χ1) is 12.3. The average Bonchev–Trinajstić information content (AvgIpc) is 2.93. The lowest BCUT2D eigenvalue weighted by Crippen LogP contribution is -2.13. The second-order valence-corrected chi connectivity index (χ2v) is 7.78. The van der Waals surface area contributed by atoms with Gasteiger partial charge in [0, 0.05) is 22.3 Å². The lowest BCUT2D eigenvalue weighted by Gasteiger charge is -2.12. The Morgan fingerprint density at radius 1 is 1.19 bits per heavy atom. The van der Waals surface area contributed by atoms with Crippen LogP contribution >= 0.6 is 11.6 Å². The lowest BCUT2D eigenvalue weighted by molar-refractivity contribution is 0.0517. The van der Waals surface area contributed by atoms with Gasteiger partial charge in [-0.2, -0.15) is 0 Å². The van der Waals surface area contributed by atoms with Crippen LogP contribution in [0.4, 0.5) is 0 Å². The van der Waals surface area contributed by atoms with Crippen LogP contribution in [0.1, 0.15) is 74.2 Å². The molecule has 26 heavy (non-hydrogen) atoms. The summed E-state index contributed by atoms with van der Waals surface area (Å²) < 4.78 is 5.12. The summed E-state index contributed by atoms with van der Waals surface area (Å²) in [6.45, 7) is 8.51. The highest BCUT2D eigenvalue weighted by Crippen LogP contribution is 2.28. The van der Waals surface area contributed by atoms with Gasteiger partial charge in [-0.3, -0.25) is 4.79 Å². The maximum Gasteiger partial charge on any atom is 0.355 e. The van der Waals surface area contributed by atoms with Crippen molar-refractivity contribution in [3.8, 4) is 0 Å². The van der Waals surface area contributed by atoms with E-state index in [1.807, 2.05) is 0 Å². The molecule has 0 unspecified atom stereocenters. The van der Waals surface area contributed by atoms with E-state index in [2.05, 4.69) is 25.8 Å². The fraction of sp³-hybridized carbons (Fsp3) is 0.524. The Morgan fingerprint density at radius 3 is 2.58 bits per heavy atom. The lowest BCUT2D eigenvalue weighted by atomic mass is 9.92. The first-order valence-corrected chi connectivity index (χ1v) is 9.72. The zero-order valence-corrected chi connectivity index (χ0v) is 16.8. The molecule has 1 heterocycles. The number of hydrogen-bond acceptors (Lipinski definition) is 3. The van der Waals surface area contributed by atoms with Gasteiger partial charge >= 0.3 is 5.97 Å². The number of carbonyl (C=O) groups excluding carboxylic acids is 2. The van der Waals surface area contributed by atoms with Crippen molar-refractivity contribution in [2.24, 2.45) is 11.8 Å². The Morgan fingerprint density at radius 2 is 1.92 bits per heavy atom. The van der Waals surface area contributed by atoms with E-state index in [9.17, 15) is 9.59 Å². The number of rotatable bonds is 9. The number of benzene rings is 1. The number of aromatic nitrogens is 1. The highest BCUT2D eigenvalue weighted by molar-refractivity contribution is 6.31. The summed E-state index contributed by atoms with van der Waals surface area (Å²) in [6.07, 6.45) is 3.70. The molecule has 0 aliphatic carbocycles. The third-order valence-electron chi connectivity index (χ3n) is 4.53. The number of nitrogens with one attached hydrogen (secondary N) is 1. The minimum Gasteiger partial charge on any atom is -0.461 e. The van der Waals surface area contributed by atoms with Crippen molar-refractivity contribution in [2.45, 2.75) is 53.4 Å². The number of carbonyl (C=O) groups is 2. The second-order valence-electron chi connectivity index (χ2n) is 7.34. The predicted octanol–water partition coefficient (Wildman–Crippen LogP) is 6.03. The van der Waals surface area contributed by atoms with Gasteiger partial charge in [-0.1, -0.05) is 57.7 Å². The van der Waals surface area contributed by atoms with Gasteiger partial charge in [0.05, 0.1) is 12.2 Å². The summed E-state index contributed by atoms with van der Waals surface area (Å²) in [5, 5.41) is 1.27. The fourth-order valence-electron chi connectivity index (χ4n) is 3.21. The number of aromatic amines is 1. The van der Waals surface area contributed by atoms with Crippen LogP contribution in [0.15, 0.2) is 18.2 Å². The van der Waals surface area contributed by atoms with Crippen LogP contribution in [0.3, 0.4) is 0 Å². The number of hydrogen-bond donors (Lipinski definition) is 1. The van der Waals surface area contributed by atoms with Gasteiger partial charge in [0.1, 0.15) is 5.69 Å². The number of halogens is 1. The quantitative estimate of drug-likeness (QED) is 0.428.